The van der Waals surface area contributed by atoms with E-state index in [0.29, 0.717) is 0 Å². The van der Waals surface area contributed by atoms with Crippen molar-refractivity contribution in [3.63, 3.8) is 0 Å². The van der Waals surface area contributed by atoms with Crippen molar-refractivity contribution in [2.24, 2.45) is 0 Å². The number of hydrogen-bond acceptors (Lipinski definition) is 1. The lowest BCUT2D eigenvalue weighted by Gasteiger charge is -1.81. The van der Waals surface area contributed by atoms with Gasteiger partial charge in [-0.1, -0.05) is 5.92 Å². The highest BCUT2D eigenvalue weighted by Crippen LogP contribution is 1.89. The Bertz CT molecular complexity index is 200. The Morgan fingerprint density at radius 2 is 2.33 bits per heavy atom. The molecule has 0 aliphatic rings. The molecule has 0 amide bonds. The van der Waals surface area contributed by atoms with Crippen molar-refractivity contribution in [2.75, 3.05) is 0 Å². The van der Waals surface area contributed by atoms with E-state index in [2.05, 4.69) is 10.9 Å². The first-order valence-electron chi connectivity index (χ1n) is 2.30. The summed E-state index contributed by atoms with van der Waals surface area (Å²) in [6, 6.07) is 3.65. The maximum Gasteiger partial charge on any atom is 0.0426 e. The fraction of sp³-hybridized carbons (Fsp3) is 0. The molecule has 0 fully saturated rings. The first-order valence-corrected chi connectivity index (χ1v) is 2.30. The number of rotatable bonds is 0. The summed E-state index contributed by atoms with van der Waals surface area (Å²) >= 11 is 0. The first kappa shape index (κ1) is 7.67. The molecule has 1 rings (SSSR count). The van der Waals surface area contributed by atoms with Crippen molar-refractivity contribution >= 4 is 0 Å². The van der Waals surface area contributed by atoms with E-state index in [0.717, 1.165) is 5.56 Å². The van der Waals surface area contributed by atoms with Crippen LogP contribution in [0.1, 0.15) is 5.56 Å². The minimum atomic E-state index is 0. The molecule has 0 atom stereocenters. The van der Waals surface area contributed by atoms with E-state index < -0.39 is 0 Å². The topological polar surface area (TPSA) is 44.4 Å². The van der Waals surface area contributed by atoms with E-state index in [4.69, 9.17) is 6.42 Å². The van der Waals surface area contributed by atoms with Crippen LogP contribution in [0.2, 0.25) is 0 Å². The molecule has 1 aromatic heterocycles. The summed E-state index contributed by atoms with van der Waals surface area (Å²) in [6.07, 6.45) is 8.41. The lowest BCUT2D eigenvalue weighted by molar-refractivity contribution is 0.824. The fourth-order valence-electron chi connectivity index (χ4n) is 0.448. The van der Waals surface area contributed by atoms with Crippen molar-refractivity contribution < 1.29 is 5.48 Å². The highest BCUT2D eigenvalue weighted by Gasteiger charge is 1.77. The highest BCUT2D eigenvalue weighted by molar-refractivity contribution is 5.27. The molecule has 0 unspecified atom stereocenters. The molecule has 0 aliphatic heterocycles. The van der Waals surface area contributed by atoms with E-state index >= 15 is 0 Å². The highest BCUT2D eigenvalue weighted by atomic mass is 16.0. The maximum absolute atomic E-state index is 5.06. The second-order valence-corrected chi connectivity index (χ2v) is 1.39. The zero-order valence-corrected chi connectivity index (χ0v) is 4.83. The molecule has 9 heavy (non-hydrogen) atoms. The van der Waals surface area contributed by atoms with Crippen LogP contribution in [0.5, 0.6) is 0 Å². The molecular weight excluding hydrogens is 114 g/mol. The molecule has 0 aliphatic carbocycles. The zero-order valence-electron chi connectivity index (χ0n) is 4.83. The molecule has 2 heteroatoms. The van der Waals surface area contributed by atoms with E-state index in [9.17, 15) is 0 Å². The van der Waals surface area contributed by atoms with Gasteiger partial charge >= 0.3 is 0 Å². The van der Waals surface area contributed by atoms with Gasteiger partial charge in [0.05, 0.1) is 0 Å². The van der Waals surface area contributed by atoms with Gasteiger partial charge in [-0.3, -0.25) is 4.98 Å². The Kier molecular flexibility index (Phi) is 3.11. The maximum atomic E-state index is 5.06. The van der Waals surface area contributed by atoms with Crippen LogP contribution >= 0.6 is 0 Å². The Balaban J connectivity index is 0.000000640. The molecule has 0 bridgehead atoms. The molecule has 0 radical (unpaired) electrons. The van der Waals surface area contributed by atoms with Crippen molar-refractivity contribution in [3.05, 3.63) is 30.1 Å². The molecule has 0 saturated heterocycles. The minimum Gasteiger partial charge on any atom is -0.412 e. The van der Waals surface area contributed by atoms with E-state index in [1.165, 1.54) is 0 Å². The monoisotopic (exact) mass is 121 g/mol. The van der Waals surface area contributed by atoms with Gasteiger partial charge in [-0.15, -0.1) is 6.42 Å². The van der Waals surface area contributed by atoms with Gasteiger partial charge in [0.2, 0.25) is 0 Å². The fourth-order valence-corrected chi connectivity index (χ4v) is 0.448. The summed E-state index contributed by atoms with van der Waals surface area (Å²) in [5.41, 5.74) is 0.826. The Labute approximate surface area is 53.9 Å². The second kappa shape index (κ2) is 3.65. The van der Waals surface area contributed by atoms with Gasteiger partial charge in [0.25, 0.3) is 0 Å². The summed E-state index contributed by atoms with van der Waals surface area (Å²) in [5, 5.41) is 0. The predicted octanol–water partition coefficient (Wildman–Crippen LogP) is 0.238. The summed E-state index contributed by atoms with van der Waals surface area (Å²) in [4.78, 5) is 3.81. The average molecular weight is 121 g/mol. The Morgan fingerprint density at radius 1 is 1.56 bits per heavy atom. The third-order valence-electron chi connectivity index (χ3n) is 0.828. The lowest BCUT2D eigenvalue weighted by Crippen LogP contribution is -1.72. The van der Waals surface area contributed by atoms with Gasteiger partial charge < -0.3 is 5.48 Å². The van der Waals surface area contributed by atoms with E-state index in [-0.39, 0.29) is 5.48 Å². The molecule has 0 saturated carbocycles. The van der Waals surface area contributed by atoms with Crippen LogP contribution in [-0.4, -0.2) is 10.5 Å². The molecule has 2 N–H and O–H groups in total. The Morgan fingerprint density at radius 3 is 2.67 bits per heavy atom. The quantitative estimate of drug-likeness (QED) is 0.453. The van der Waals surface area contributed by atoms with E-state index in [1.807, 2.05) is 12.1 Å². The average Bonchev–Trinajstić information content (AvgIpc) is 1.90. The van der Waals surface area contributed by atoms with Gasteiger partial charge in [-0.2, -0.15) is 0 Å². The van der Waals surface area contributed by atoms with Crippen LogP contribution in [0, 0.1) is 12.3 Å². The molecule has 46 valence electrons. The smallest absolute Gasteiger partial charge is 0.0426 e. The molecule has 1 heterocycles. The van der Waals surface area contributed by atoms with Crippen molar-refractivity contribution in [1.82, 2.24) is 4.98 Å². The minimum absolute atomic E-state index is 0. The number of hydrogen-bond donors (Lipinski definition) is 0. The third kappa shape index (κ3) is 1.94. The van der Waals surface area contributed by atoms with Crippen LogP contribution in [-0.2, 0) is 0 Å². The largest absolute Gasteiger partial charge is 0.412 e. The summed E-state index contributed by atoms with van der Waals surface area (Å²) in [6.45, 7) is 0. The summed E-state index contributed by atoms with van der Waals surface area (Å²) in [5.74, 6) is 2.46. The van der Waals surface area contributed by atoms with Gasteiger partial charge in [-0.25, -0.2) is 0 Å². The SMILES string of the molecule is C#Cc1cccnc1.O. The zero-order chi connectivity index (χ0) is 5.82. The third-order valence-corrected chi connectivity index (χ3v) is 0.828. The van der Waals surface area contributed by atoms with E-state index in [1.54, 1.807) is 12.4 Å². The first-order chi connectivity index (χ1) is 3.93. The van der Waals surface area contributed by atoms with Gasteiger partial charge in [0, 0.05) is 18.0 Å². The second-order valence-electron chi connectivity index (χ2n) is 1.39. The van der Waals surface area contributed by atoms with Crippen LogP contribution in [0.4, 0.5) is 0 Å². The van der Waals surface area contributed by atoms with Crippen molar-refractivity contribution in [2.45, 2.75) is 0 Å². The predicted molar refractivity (Wildman–Crippen MR) is 35.8 cm³/mol. The molecule has 0 aromatic carbocycles. The summed E-state index contributed by atoms with van der Waals surface area (Å²) < 4.78 is 0. The molecule has 1 aromatic rings. The van der Waals surface area contributed by atoms with Crippen LogP contribution in [0.25, 0.3) is 0 Å². The van der Waals surface area contributed by atoms with Crippen molar-refractivity contribution in [1.29, 1.82) is 0 Å². The Hall–Kier alpha value is -1.33. The molecule has 0 spiro atoms. The number of aromatic nitrogens is 1. The van der Waals surface area contributed by atoms with Gasteiger partial charge in [0.15, 0.2) is 0 Å². The van der Waals surface area contributed by atoms with Crippen molar-refractivity contribution in [3.8, 4) is 12.3 Å². The summed E-state index contributed by atoms with van der Waals surface area (Å²) in [7, 11) is 0. The van der Waals surface area contributed by atoms with Crippen LogP contribution < -0.4 is 0 Å². The molecular formula is C7H7NO. The number of terminal acetylenes is 1. The number of nitrogens with zero attached hydrogens (tertiary/aromatic N) is 1. The van der Waals surface area contributed by atoms with Crippen LogP contribution in [0.3, 0.4) is 0 Å². The van der Waals surface area contributed by atoms with Gasteiger partial charge in [-0.05, 0) is 12.1 Å². The standard InChI is InChI=1S/C7H5N.H2O/c1-2-7-4-3-5-8-6-7;/h1,3-6H;1H2. The van der Waals surface area contributed by atoms with Gasteiger partial charge in [0.1, 0.15) is 0 Å². The van der Waals surface area contributed by atoms with Crippen LogP contribution in [0.15, 0.2) is 24.5 Å². The lowest BCUT2D eigenvalue weighted by atomic mass is 10.3. The molecule has 2 nitrogen and oxygen atoms in total. The number of pyridine rings is 1. The normalized spacial score (nSPS) is 7.00.